The molecule has 1 atom stereocenters. The summed E-state index contributed by atoms with van der Waals surface area (Å²) in [6.07, 6.45) is -4.55. The van der Waals surface area contributed by atoms with E-state index in [0.717, 1.165) is 17.7 Å². The number of benzene rings is 3. The van der Waals surface area contributed by atoms with E-state index in [1.54, 1.807) is 23.6 Å². The van der Waals surface area contributed by atoms with E-state index in [0.29, 0.717) is 22.4 Å². The van der Waals surface area contributed by atoms with E-state index in [9.17, 15) is 28.1 Å². The number of urea groups is 1. The van der Waals surface area contributed by atoms with E-state index in [1.165, 1.54) is 36.0 Å². The maximum absolute atomic E-state index is 13.0. The van der Waals surface area contributed by atoms with Gasteiger partial charge in [0.25, 0.3) is 5.69 Å². The van der Waals surface area contributed by atoms with E-state index < -0.39 is 28.7 Å². The van der Waals surface area contributed by atoms with Crippen LogP contribution in [0.15, 0.2) is 84.0 Å². The van der Waals surface area contributed by atoms with Crippen molar-refractivity contribution in [2.75, 3.05) is 5.32 Å². The summed E-state index contributed by atoms with van der Waals surface area (Å²) in [6.45, 7) is 1.64. The lowest BCUT2D eigenvalue weighted by Crippen LogP contribution is -2.32. The molecule has 2 N–H and O–H groups in total. The summed E-state index contributed by atoms with van der Waals surface area (Å²) in [5.74, 6) is 0.901. The van der Waals surface area contributed by atoms with Gasteiger partial charge < -0.3 is 10.6 Å². The van der Waals surface area contributed by atoms with Crippen LogP contribution in [0.1, 0.15) is 29.9 Å². The predicted molar refractivity (Wildman–Crippen MR) is 136 cm³/mol. The van der Waals surface area contributed by atoms with Gasteiger partial charge in [-0.1, -0.05) is 48.2 Å². The Hall–Kier alpha value is -4.39. The van der Waals surface area contributed by atoms with Crippen LogP contribution in [0.25, 0.3) is 5.69 Å². The van der Waals surface area contributed by atoms with Gasteiger partial charge in [0.05, 0.1) is 16.5 Å². The highest BCUT2D eigenvalue weighted by Crippen LogP contribution is 2.31. The number of thioether (sulfide) groups is 1. The molecule has 0 aliphatic heterocycles. The van der Waals surface area contributed by atoms with Crippen molar-refractivity contribution in [2.45, 2.75) is 30.1 Å². The van der Waals surface area contributed by atoms with Crippen molar-refractivity contribution in [3.8, 4) is 5.69 Å². The minimum Gasteiger partial charge on any atom is -0.328 e. The van der Waals surface area contributed by atoms with Gasteiger partial charge in [-0.3, -0.25) is 14.7 Å². The number of aromatic nitrogens is 3. The van der Waals surface area contributed by atoms with Crippen molar-refractivity contribution in [3.63, 3.8) is 0 Å². The van der Waals surface area contributed by atoms with Crippen LogP contribution in [-0.2, 0) is 11.9 Å². The Morgan fingerprint density at radius 2 is 1.76 bits per heavy atom. The number of non-ortho nitro benzene ring substituents is 1. The SMILES string of the molecule is CC(NC(=O)Nc1cccc(C(F)(F)F)c1)c1nnc(SCc2ccccc2)n1-c1ccc([N+](=O)[O-])cc1. The van der Waals surface area contributed by atoms with Crippen molar-refractivity contribution in [1.82, 2.24) is 20.1 Å². The molecule has 1 aromatic heterocycles. The Balaban J connectivity index is 1.57. The Morgan fingerprint density at radius 3 is 2.42 bits per heavy atom. The lowest BCUT2D eigenvalue weighted by molar-refractivity contribution is -0.384. The zero-order valence-electron chi connectivity index (χ0n) is 19.8. The highest BCUT2D eigenvalue weighted by Gasteiger charge is 2.30. The maximum Gasteiger partial charge on any atom is 0.416 e. The number of nitrogens with one attached hydrogen (secondary N) is 2. The fourth-order valence-electron chi connectivity index (χ4n) is 3.55. The maximum atomic E-state index is 13.0. The van der Waals surface area contributed by atoms with Crippen LogP contribution in [0, 0.1) is 10.1 Å². The third-order valence-corrected chi connectivity index (χ3v) is 6.37. The second-order valence-electron chi connectivity index (χ2n) is 8.12. The topological polar surface area (TPSA) is 115 Å². The van der Waals surface area contributed by atoms with E-state index in [-0.39, 0.29) is 11.4 Å². The summed E-state index contributed by atoms with van der Waals surface area (Å²) in [7, 11) is 0. The van der Waals surface area contributed by atoms with E-state index in [1.807, 2.05) is 30.3 Å². The van der Waals surface area contributed by atoms with Crippen LogP contribution in [0.2, 0.25) is 0 Å². The fourth-order valence-corrected chi connectivity index (χ4v) is 4.46. The number of nitro benzene ring substituents is 1. The molecule has 1 unspecified atom stereocenters. The van der Waals surface area contributed by atoms with Crippen LogP contribution in [0.4, 0.5) is 29.3 Å². The number of amides is 2. The number of anilines is 1. The first-order chi connectivity index (χ1) is 18.1. The third kappa shape index (κ3) is 6.48. The van der Waals surface area contributed by atoms with Crippen molar-refractivity contribution in [2.24, 2.45) is 0 Å². The molecule has 13 heteroatoms. The van der Waals surface area contributed by atoms with Gasteiger partial charge in [0.1, 0.15) is 0 Å². The summed E-state index contributed by atoms with van der Waals surface area (Å²) in [5, 5.41) is 25.1. The molecular weight excluding hydrogens is 521 g/mol. The molecule has 4 rings (SSSR count). The molecule has 9 nitrogen and oxygen atoms in total. The summed E-state index contributed by atoms with van der Waals surface area (Å²) in [5.41, 5.74) is 0.581. The number of rotatable bonds is 8. The van der Waals surface area contributed by atoms with E-state index in [2.05, 4.69) is 20.8 Å². The van der Waals surface area contributed by atoms with Crippen LogP contribution >= 0.6 is 11.8 Å². The van der Waals surface area contributed by atoms with Crippen molar-refractivity contribution in [3.05, 3.63) is 106 Å². The number of alkyl halides is 3. The first kappa shape index (κ1) is 26.7. The van der Waals surface area contributed by atoms with Gasteiger partial charge >= 0.3 is 12.2 Å². The lowest BCUT2D eigenvalue weighted by Gasteiger charge is -2.17. The number of halogens is 3. The molecule has 0 fully saturated rings. The Labute approximate surface area is 219 Å². The lowest BCUT2D eigenvalue weighted by atomic mass is 10.2. The van der Waals surface area contributed by atoms with Crippen LogP contribution in [0.3, 0.4) is 0 Å². The highest BCUT2D eigenvalue weighted by atomic mass is 32.2. The first-order valence-corrected chi connectivity index (χ1v) is 12.2. The zero-order chi connectivity index (χ0) is 27.3. The molecule has 196 valence electrons. The number of nitro groups is 1. The predicted octanol–water partition coefficient (Wildman–Crippen LogP) is 6.37. The minimum atomic E-state index is -4.55. The minimum absolute atomic E-state index is 0.0273. The molecule has 38 heavy (non-hydrogen) atoms. The van der Waals surface area contributed by atoms with Crippen molar-refractivity contribution >= 4 is 29.2 Å². The molecule has 0 spiro atoms. The molecule has 0 bridgehead atoms. The number of hydrogen-bond acceptors (Lipinski definition) is 6. The molecule has 0 radical (unpaired) electrons. The Bertz CT molecular complexity index is 1430. The quantitative estimate of drug-likeness (QED) is 0.152. The largest absolute Gasteiger partial charge is 0.416 e. The van der Waals surface area contributed by atoms with Gasteiger partial charge in [0.15, 0.2) is 11.0 Å². The Morgan fingerprint density at radius 1 is 1.05 bits per heavy atom. The van der Waals surface area contributed by atoms with Gasteiger partial charge in [-0.15, -0.1) is 10.2 Å². The number of hydrogen-bond donors (Lipinski definition) is 2. The summed E-state index contributed by atoms with van der Waals surface area (Å²) in [6, 6.07) is 18.3. The van der Waals surface area contributed by atoms with Crippen LogP contribution in [0.5, 0.6) is 0 Å². The normalized spacial score (nSPS) is 12.1. The highest BCUT2D eigenvalue weighted by molar-refractivity contribution is 7.98. The van der Waals surface area contributed by atoms with Gasteiger partial charge in [-0.2, -0.15) is 13.2 Å². The van der Waals surface area contributed by atoms with Gasteiger partial charge in [-0.05, 0) is 42.8 Å². The van der Waals surface area contributed by atoms with Gasteiger partial charge in [0, 0.05) is 29.3 Å². The molecule has 3 aromatic carbocycles. The summed E-state index contributed by atoms with van der Waals surface area (Å²) >= 11 is 1.39. The molecule has 4 aromatic rings. The van der Waals surface area contributed by atoms with Crippen molar-refractivity contribution in [1.29, 1.82) is 0 Å². The van der Waals surface area contributed by atoms with Crippen LogP contribution < -0.4 is 10.6 Å². The number of carbonyl (C=O) groups excluding carboxylic acids is 1. The molecule has 0 saturated heterocycles. The summed E-state index contributed by atoms with van der Waals surface area (Å²) < 4.78 is 40.7. The number of nitrogens with zero attached hydrogens (tertiary/aromatic N) is 4. The number of carbonyl (C=O) groups is 1. The smallest absolute Gasteiger partial charge is 0.328 e. The standard InChI is InChI=1S/C25H21F3N6O3S/c1-16(29-23(35)30-19-9-5-8-18(14-19)25(26,27)28)22-31-32-24(38-15-17-6-3-2-4-7-17)33(22)20-10-12-21(13-11-20)34(36)37/h2-14,16H,15H2,1H3,(H2,29,30,35). The molecule has 0 aliphatic rings. The molecule has 0 saturated carbocycles. The first-order valence-electron chi connectivity index (χ1n) is 11.2. The average Bonchev–Trinajstić information content (AvgIpc) is 3.32. The molecule has 1 heterocycles. The van der Waals surface area contributed by atoms with E-state index in [4.69, 9.17) is 0 Å². The van der Waals surface area contributed by atoms with Gasteiger partial charge in [0.2, 0.25) is 0 Å². The fraction of sp³-hybridized carbons (Fsp3) is 0.160. The van der Waals surface area contributed by atoms with Crippen LogP contribution in [-0.4, -0.2) is 25.7 Å². The van der Waals surface area contributed by atoms with E-state index >= 15 is 0 Å². The molecule has 0 aliphatic carbocycles. The monoisotopic (exact) mass is 542 g/mol. The second-order valence-corrected chi connectivity index (χ2v) is 9.07. The van der Waals surface area contributed by atoms with Crippen molar-refractivity contribution < 1.29 is 22.9 Å². The summed E-state index contributed by atoms with van der Waals surface area (Å²) in [4.78, 5) is 23.2. The molecule has 2 amide bonds. The van der Waals surface area contributed by atoms with Gasteiger partial charge in [-0.25, -0.2) is 4.79 Å². The third-order valence-electron chi connectivity index (χ3n) is 5.37. The molecular formula is C25H21F3N6O3S. The average molecular weight is 543 g/mol. The Kier molecular flexibility index (Phi) is 7.96. The zero-order valence-corrected chi connectivity index (χ0v) is 20.7. The second kappa shape index (κ2) is 11.3.